The number of nitrogen functional groups attached to an aromatic ring is 1. The van der Waals surface area contributed by atoms with Gasteiger partial charge in [0.2, 0.25) is 5.82 Å². The van der Waals surface area contributed by atoms with Crippen LogP contribution in [-0.2, 0) is 32.4 Å². The number of nitrogens with two attached hydrogens (primary N) is 1. The second-order valence-corrected chi connectivity index (χ2v) is 11.5. The Balaban J connectivity index is 1.11. The molecule has 2 aromatic heterocycles. The first-order valence-electron chi connectivity index (χ1n) is 13.3. The van der Waals surface area contributed by atoms with E-state index in [1.165, 1.54) is 11.3 Å². The van der Waals surface area contributed by atoms with Crippen LogP contribution in [0.4, 0.5) is 11.4 Å². The van der Waals surface area contributed by atoms with Crippen molar-refractivity contribution >= 4 is 38.8 Å². The summed E-state index contributed by atoms with van der Waals surface area (Å²) < 4.78 is 5.36. The number of fused-ring (bicyclic) bond motifs is 6. The highest BCUT2D eigenvalue weighted by atomic mass is 32.1. The van der Waals surface area contributed by atoms with Crippen molar-refractivity contribution in [1.29, 1.82) is 0 Å². The number of H-pyrrole nitrogens is 1. The summed E-state index contributed by atoms with van der Waals surface area (Å²) in [6, 6.07) is 11.8. The summed E-state index contributed by atoms with van der Waals surface area (Å²) in [5.74, 6) is 0.271. The molecule has 3 aromatic carbocycles. The third-order valence-electron chi connectivity index (χ3n) is 8.03. The molecule has 10 nitrogen and oxygen atoms in total. The molecule has 0 saturated heterocycles. The van der Waals surface area contributed by atoms with Gasteiger partial charge in [-0.25, -0.2) is 4.98 Å². The van der Waals surface area contributed by atoms with Crippen LogP contribution >= 0.6 is 11.3 Å². The number of thiophene rings is 1. The number of methoxy groups -OCH3 is 1. The molecule has 7 rings (SSSR count). The van der Waals surface area contributed by atoms with Gasteiger partial charge in [-0.3, -0.25) is 19.2 Å². The minimum absolute atomic E-state index is 0.0244. The molecule has 0 atom stereocenters. The molecule has 5 aromatic rings. The van der Waals surface area contributed by atoms with Crippen LogP contribution < -0.4 is 37.1 Å². The maximum atomic E-state index is 13.2. The second-order valence-electron chi connectivity index (χ2n) is 10.4. The predicted octanol–water partition coefficient (Wildman–Crippen LogP) is 2.43. The Bertz CT molecular complexity index is 2030. The standard InChI is InChI=1S/C30H25N5O5S/c1-40-18-5-6-19-16(11-18)4-7-20-21(19)22-28(38)33-27(34-30(22)41-20)29(39)32-12-14-2-3-15-8-9-35(13-17(15)10-14)24-23(31)25(36)26(24)37/h2-3,5-6,10-11H,4,7-9,12-13,31H2,1H3,(H,32,39)(H,33,34,38). The molecule has 0 bridgehead atoms. The van der Waals surface area contributed by atoms with Crippen LogP contribution in [0.15, 0.2) is 50.8 Å². The Morgan fingerprint density at radius 3 is 2.73 bits per heavy atom. The number of ether oxygens (including phenoxy) is 1. The van der Waals surface area contributed by atoms with Crippen molar-refractivity contribution < 1.29 is 9.53 Å². The molecular formula is C30H25N5O5S. The lowest BCUT2D eigenvalue weighted by Gasteiger charge is -2.32. The fraction of sp³-hybridized carbons (Fsp3) is 0.233. The molecule has 2 aliphatic rings. The topological polar surface area (TPSA) is 147 Å². The Kier molecular flexibility index (Phi) is 5.79. The Labute approximate surface area is 237 Å². The van der Waals surface area contributed by atoms with E-state index in [1.54, 1.807) is 7.11 Å². The van der Waals surface area contributed by atoms with E-state index in [0.29, 0.717) is 35.4 Å². The van der Waals surface area contributed by atoms with Crippen molar-refractivity contribution in [2.45, 2.75) is 32.4 Å². The average molecular weight is 568 g/mol. The number of carbonyl (C=O) groups excluding carboxylic acids is 1. The Morgan fingerprint density at radius 1 is 1.07 bits per heavy atom. The molecule has 0 radical (unpaired) electrons. The molecule has 0 fully saturated rings. The first kappa shape index (κ1) is 25.2. The van der Waals surface area contributed by atoms with Crippen LogP contribution in [0.3, 0.4) is 0 Å². The lowest BCUT2D eigenvalue weighted by Crippen LogP contribution is -2.44. The van der Waals surface area contributed by atoms with Gasteiger partial charge in [-0.15, -0.1) is 11.3 Å². The van der Waals surface area contributed by atoms with Crippen molar-refractivity contribution in [3.05, 3.63) is 100 Å². The van der Waals surface area contributed by atoms with E-state index < -0.39 is 16.8 Å². The summed E-state index contributed by atoms with van der Waals surface area (Å²) in [6.45, 7) is 1.29. The highest BCUT2D eigenvalue weighted by Gasteiger charge is 2.28. The van der Waals surface area contributed by atoms with Crippen LogP contribution in [0.25, 0.3) is 21.3 Å². The number of hydrogen-bond donors (Lipinski definition) is 3. The number of amides is 1. The van der Waals surface area contributed by atoms with Gasteiger partial charge in [-0.1, -0.05) is 24.3 Å². The van der Waals surface area contributed by atoms with Crippen LogP contribution in [0.5, 0.6) is 5.75 Å². The van der Waals surface area contributed by atoms with Crippen molar-refractivity contribution in [3.63, 3.8) is 0 Å². The van der Waals surface area contributed by atoms with E-state index in [-0.39, 0.29) is 23.6 Å². The number of carbonyl (C=O) groups is 1. The zero-order chi connectivity index (χ0) is 28.4. The predicted molar refractivity (Wildman–Crippen MR) is 158 cm³/mol. The number of aromatic nitrogens is 2. The fourth-order valence-electron chi connectivity index (χ4n) is 5.91. The Morgan fingerprint density at radius 2 is 1.93 bits per heavy atom. The van der Waals surface area contributed by atoms with Crippen LogP contribution in [-0.4, -0.2) is 29.5 Å². The lowest BCUT2D eigenvalue weighted by atomic mass is 9.89. The summed E-state index contributed by atoms with van der Waals surface area (Å²) in [5, 5.41) is 3.37. The summed E-state index contributed by atoms with van der Waals surface area (Å²) in [5.41, 5.74) is 10.6. The third kappa shape index (κ3) is 4.03. The van der Waals surface area contributed by atoms with Crippen LogP contribution in [0, 0.1) is 0 Å². The number of aromatic amines is 1. The largest absolute Gasteiger partial charge is 0.497 e. The molecule has 0 saturated carbocycles. The average Bonchev–Trinajstić information content (AvgIpc) is 3.38. The number of hydrogen-bond acceptors (Lipinski definition) is 9. The van der Waals surface area contributed by atoms with E-state index >= 15 is 0 Å². The highest BCUT2D eigenvalue weighted by Crippen LogP contribution is 2.43. The van der Waals surface area contributed by atoms with Crippen LogP contribution in [0.2, 0.25) is 0 Å². The van der Waals surface area contributed by atoms with E-state index in [1.807, 2.05) is 41.3 Å². The number of nitrogens with zero attached hydrogens (tertiary/aromatic N) is 2. The quantitative estimate of drug-likeness (QED) is 0.275. The minimum Gasteiger partial charge on any atom is -0.497 e. The van der Waals surface area contributed by atoms with Gasteiger partial charge >= 0.3 is 0 Å². The molecule has 3 heterocycles. The number of anilines is 2. The number of rotatable bonds is 5. The van der Waals surface area contributed by atoms with Gasteiger partial charge in [-0.05, 0) is 59.2 Å². The van der Waals surface area contributed by atoms with E-state index in [2.05, 4.69) is 15.3 Å². The number of benzene rings is 2. The van der Waals surface area contributed by atoms with Gasteiger partial charge in [0.25, 0.3) is 22.3 Å². The minimum atomic E-state index is -0.625. The summed E-state index contributed by atoms with van der Waals surface area (Å²) in [7, 11) is 1.63. The first-order valence-corrected chi connectivity index (χ1v) is 14.1. The molecule has 0 unspecified atom stereocenters. The maximum Gasteiger partial charge on any atom is 0.287 e. The van der Waals surface area contributed by atoms with E-state index in [9.17, 15) is 19.2 Å². The Hall–Kier alpha value is -4.77. The summed E-state index contributed by atoms with van der Waals surface area (Å²) >= 11 is 1.45. The van der Waals surface area contributed by atoms with Gasteiger partial charge in [0.05, 0.1) is 12.5 Å². The first-order chi connectivity index (χ1) is 19.8. The number of nitrogens with one attached hydrogen (secondary N) is 2. The molecule has 1 amide bonds. The molecule has 41 heavy (non-hydrogen) atoms. The monoisotopic (exact) mass is 567 g/mol. The normalized spacial score (nSPS) is 14.0. The highest BCUT2D eigenvalue weighted by molar-refractivity contribution is 7.19. The molecular weight excluding hydrogens is 542 g/mol. The van der Waals surface area contributed by atoms with Crippen molar-refractivity contribution in [2.24, 2.45) is 0 Å². The molecule has 4 N–H and O–H groups in total. The molecule has 11 heteroatoms. The van der Waals surface area contributed by atoms with Crippen molar-refractivity contribution in [2.75, 3.05) is 24.3 Å². The summed E-state index contributed by atoms with van der Waals surface area (Å²) in [6.07, 6.45) is 2.35. The van der Waals surface area contributed by atoms with Gasteiger partial charge in [0.1, 0.15) is 22.0 Å². The lowest BCUT2D eigenvalue weighted by molar-refractivity contribution is 0.0940. The van der Waals surface area contributed by atoms with E-state index in [4.69, 9.17) is 10.5 Å². The van der Waals surface area contributed by atoms with Gasteiger partial charge in [0.15, 0.2) is 0 Å². The number of aryl methyl sites for hydroxylation is 2. The molecule has 206 valence electrons. The maximum absolute atomic E-state index is 13.2. The van der Waals surface area contributed by atoms with Gasteiger partial charge < -0.3 is 25.7 Å². The van der Waals surface area contributed by atoms with Gasteiger partial charge in [-0.2, -0.15) is 0 Å². The fourth-order valence-corrected chi connectivity index (χ4v) is 7.09. The molecule has 1 aliphatic carbocycles. The van der Waals surface area contributed by atoms with Gasteiger partial charge in [0, 0.05) is 30.1 Å². The van der Waals surface area contributed by atoms with Crippen molar-refractivity contribution in [3.8, 4) is 16.9 Å². The third-order valence-corrected chi connectivity index (χ3v) is 9.17. The van der Waals surface area contributed by atoms with Crippen molar-refractivity contribution in [1.82, 2.24) is 15.3 Å². The molecule has 1 aliphatic heterocycles. The smallest absolute Gasteiger partial charge is 0.287 e. The zero-order valence-electron chi connectivity index (χ0n) is 22.1. The summed E-state index contributed by atoms with van der Waals surface area (Å²) in [4.78, 5) is 60.5. The van der Waals surface area contributed by atoms with E-state index in [0.717, 1.165) is 56.8 Å². The second kappa shape index (κ2) is 9.41. The SMILES string of the molecule is COc1ccc2c(c1)CCc1sc3nc(C(=O)NCc4ccc5c(c4)CN(c4c(N)c(=O)c4=O)CC5)[nH]c(=O)c3c1-2. The molecule has 0 spiro atoms. The zero-order valence-corrected chi connectivity index (χ0v) is 22.9. The van der Waals surface area contributed by atoms with Crippen LogP contribution in [0.1, 0.15) is 37.7 Å².